The van der Waals surface area contributed by atoms with Gasteiger partial charge in [0.25, 0.3) is 5.91 Å². The van der Waals surface area contributed by atoms with Gasteiger partial charge in [-0.05, 0) is 81.5 Å². The van der Waals surface area contributed by atoms with E-state index < -0.39 is 0 Å². The van der Waals surface area contributed by atoms with Crippen molar-refractivity contribution < 1.29 is 9.59 Å². The molecule has 0 aromatic carbocycles. The number of rotatable bonds is 6. The molecule has 2 aromatic rings. The van der Waals surface area contributed by atoms with Gasteiger partial charge in [-0.2, -0.15) is 0 Å². The lowest BCUT2D eigenvalue weighted by Gasteiger charge is -2.60. The van der Waals surface area contributed by atoms with Crippen LogP contribution in [0.1, 0.15) is 62.1 Å². The minimum Gasteiger partial charge on any atom is -0.350 e. The van der Waals surface area contributed by atoms with Crippen LogP contribution in [-0.4, -0.2) is 70.8 Å². The molecule has 3 unspecified atom stereocenters. The second-order valence-corrected chi connectivity index (χ2v) is 11.6. The molecule has 1 saturated heterocycles. The molecule has 0 radical (unpaired) electrons. The van der Waals surface area contributed by atoms with E-state index in [1.807, 2.05) is 33.7 Å². The molecule has 7 heteroatoms. The Hall–Kier alpha value is -2.41. The van der Waals surface area contributed by atoms with Gasteiger partial charge >= 0.3 is 0 Å². The Morgan fingerprint density at radius 1 is 1.21 bits per heavy atom. The molecular weight excluding hydrogens is 426 g/mol. The number of imidazole rings is 1. The molecule has 4 fully saturated rings. The van der Waals surface area contributed by atoms with Crippen molar-refractivity contribution >= 4 is 17.5 Å². The topological polar surface area (TPSA) is 70.0 Å². The van der Waals surface area contributed by atoms with E-state index in [1.165, 1.54) is 19.3 Å². The van der Waals surface area contributed by atoms with Crippen LogP contribution in [0.4, 0.5) is 0 Å². The van der Waals surface area contributed by atoms with Gasteiger partial charge in [0, 0.05) is 31.9 Å². The predicted molar refractivity (Wildman–Crippen MR) is 133 cm³/mol. The van der Waals surface area contributed by atoms with Crippen molar-refractivity contribution in [3.8, 4) is 0 Å². The standard InChI is InChI=1S/C27H39N5O2/c1-27(2)19-11-10-18(22(27)13-19)15-28-26(34)23-8-5-9-24-29-20(16-32(23)24)14-25(33)31-12-6-7-21(17-31)30(3)4/h5,8-9,16,18-19,21-22H,6-7,10-15,17H2,1-4H3,(H,28,34)/t18-,19?,21?,22?/m1/s1. The zero-order valence-corrected chi connectivity index (χ0v) is 21.1. The van der Waals surface area contributed by atoms with Crippen molar-refractivity contribution in [2.24, 2.45) is 23.2 Å². The minimum atomic E-state index is -0.0648. The summed E-state index contributed by atoms with van der Waals surface area (Å²) in [5.41, 5.74) is 2.42. The van der Waals surface area contributed by atoms with Gasteiger partial charge in [0.05, 0.1) is 12.1 Å². The molecule has 3 aliphatic carbocycles. The smallest absolute Gasteiger partial charge is 0.268 e. The number of fused-ring (bicyclic) bond motifs is 3. The van der Waals surface area contributed by atoms with Crippen molar-refractivity contribution in [2.75, 3.05) is 33.7 Å². The number of aromatic nitrogens is 2. The number of hydrogen-bond donors (Lipinski definition) is 1. The van der Waals surface area contributed by atoms with Gasteiger partial charge in [0.15, 0.2) is 0 Å². The Bertz CT molecular complexity index is 1070. The summed E-state index contributed by atoms with van der Waals surface area (Å²) in [6, 6.07) is 6.02. The fourth-order valence-corrected chi connectivity index (χ4v) is 6.72. The average molecular weight is 466 g/mol. The van der Waals surface area contributed by atoms with E-state index in [9.17, 15) is 9.59 Å². The quantitative estimate of drug-likeness (QED) is 0.711. The molecule has 7 nitrogen and oxygen atoms in total. The second kappa shape index (κ2) is 8.99. The highest BCUT2D eigenvalue weighted by Gasteiger charge is 2.53. The maximum absolute atomic E-state index is 13.1. The normalized spacial score (nSPS) is 28.1. The van der Waals surface area contributed by atoms with Gasteiger partial charge in [-0.3, -0.25) is 14.0 Å². The van der Waals surface area contributed by atoms with Crippen molar-refractivity contribution in [3.05, 3.63) is 35.8 Å². The number of carbonyl (C=O) groups excluding carboxylic acids is 2. The summed E-state index contributed by atoms with van der Waals surface area (Å²) in [6.07, 6.45) is 8.09. The van der Waals surface area contributed by atoms with Crippen LogP contribution >= 0.6 is 0 Å². The van der Waals surface area contributed by atoms with Gasteiger partial charge in [-0.15, -0.1) is 0 Å². The molecule has 6 rings (SSSR count). The van der Waals surface area contributed by atoms with Gasteiger partial charge in [0.2, 0.25) is 5.91 Å². The van der Waals surface area contributed by atoms with Crippen LogP contribution in [0.3, 0.4) is 0 Å². The van der Waals surface area contributed by atoms with Gasteiger partial charge in [0.1, 0.15) is 11.3 Å². The molecule has 4 aliphatic rings. The van der Waals surface area contributed by atoms with E-state index in [-0.39, 0.29) is 18.2 Å². The molecule has 34 heavy (non-hydrogen) atoms. The Balaban J connectivity index is 1.24. The molecular formula is C27H39N5O2. The van der Waals surface area contributed by atoms with E-state index in [2.05, 4.69) is 43.1 Å². The number of nitrogens with zero attached hydrogens (tertiary/aromatic N) is 4. The lowest BCUT2D eigenvalue weighted by molar-refractivity contribution is -0.132. The number of piperidine rings is 1. The summed E-state index contributed by atoms with van der Waals surface area (Å²) in [5.74, 6) is 2.19. The third-order valence-corrected chi connectivity index (χ3v) is 9.11. The Morgan fingerprint density at radius 2 is 2.03 bits per heavy atom. The molecule has 184 valence electrons. The van der Waals surface area contributed by atoms with Crippen LogP contribution in [0.2, 0.25) is 0 Å². The Kier molecular flexibility index (Phi) is 6.17. The lowest BCUT2D eigenvalue weighted by Crippen LogP contribution is -2.54. The highest BCUT2D eigenvalue weighted by molar-refractivity contribution is 5.93. The zero-order chi connectivity index (χ0) is 24.0. The summed E-state index contributed by atoms with van der Waals surface area (Å²) < 4.78 is 1.83. The third-order valence-electron chi connectivity index (χ3n) is 9.11. The predicted octanol–water partition coefficient (Wildman–Crippen LogP) is 3.23. The second-order valence-electron chi connectivity index (χ2n) is 11.6. The van der Waals surface area contributed by atoms with Crippen molar-refractivity contribution in [1.82, 2.24) is 24.5 Å². The number of likely N-dealkylation sites (tertiary alicyclic amines) is 1. The molecule has 2 amide bonds. The van der Waals surface area contributed by atoms with Crippen LogP contribution in [0, 0.1) is 23.2 Å². The van der Waals surface area contributed by atoms with Crippen molar-refractivity contribution in [1.29, 1.82) is 0 Å². The summed E-state index contributed by atoms with van der Waals surface area (Å²) in [4.78, 5) is 34.9. The molecule has 2 aromatic heterocycles. The van der Waals surface area contributed by atoms with E-state index in [0.29, 0.717) is 34.4 Å². The molecule has 1 N–H and O–H groups in total. The molecule has 1 aliphatic heterocycles. The number of amides is 2. The van der Waals surface area contributed by atoms with Gasteiger partial charge in [-0.25, -0.2) is 4.98 Å². The largest absolute Gasteiger partial charge is 0.350 e. The first kappa shape index (κ1) is 23.3. The van der Waals surface area contributed by atoms with Crippen LogP contribution in [0.15, 0.2) is 24.4 Å². The fourth-order valence-electron chi connectivity index (χ4n) is 6.72. The fraction of sp³-hybridized carbons (Fsp3) is 0.667. The number of carbonyl (C=O) groups is 2. The van der Waals surface area contributed by atoms with E-state index >= 15 is 0 Å². The van der Waals surface area contributed by atoms with E-state index in [0.717, 1.165) is 44.3 Å². The minimum absolute atomic E-state index is 0.0648. The van der Waals surface area contributed by atoms with Crippen molar-refractivity contribution in [2.45, 2.75) is 58.4 Å². The molecule has 0 spiro atoms. The monoisotopic (exact) mass is 465 g/mol. The summed E-state index contributed by atoms with van der Waals surface area (Å²) in [6.45, 7) is 7.09. The molecule has 2 bridgehead atoms. The third kappa shape index (κ3) is 4.23. The first-order valence-electron chi connectivity index (χ1n) is 12.9. The number of likely N-dealkylation sites (N-methyl/N-ethyl adjacent to an activating group) is 1. The van der Waals surface area contributed by atoms with E-state index in [4.69, 9.17) is 0 Å². The van der Waals surface area contributed by atoms with Crippen molar-refractivity contribution in [3.63, 3.8) is 0 Å². The number of pyridine rings is 1. The van der Waals surface area contributed by atoms with Crippen LogP contribution < -0.4 is 5.32 Å². The lowest BCUT2D eigenvalue weighted by atomic mass is 9.45. The maximum Gasteiger partial charge on any atom is 0.268 e. The number of nitrogens with one attached hydrogen (secondary N) is 1. The SMILES string of the molecule is CN(C)C1CCCN(C(=O)Cc2cn3c(C(=O)NC[C@H]4CCC5CC4C5(C)C)cccc3n2)C1. The highest BCUT2D eigenvalue weighted by atomic mass is 16.2. The van der Waals surface area contributed by atoms with Crippen LogP contribution in [-0.2, 0) is 11.2 Å². The first-order valence-corrected chi connectivity index (χ1v) is 12.9. The zero-order valence-electron chi connectivity index (χ0n) is 21.1. The molecule has 3 heterocycles. The van der Waals surface area contributed by atoms with Crippen LogP contribution in [0.25, 0.3) is 5.65 Å². The highest BCUT2D eigenvalue weighted by Crippen LogP contribution is 2.61. The Morgan fingerprint density at radius 3 is 2.76 bits per heavy atom. The summed E-state index contributed by atoms with van der Waals surface area (Å²) in [7, 11) is 4.15. The summed E-state index contributed by atoms with van der Waals surface area (Å²) in [5, 5.41) is 3.20. The van der Waals surface area contributed by atoms with Crippen LogP contribution in [0.5, 0.6) is 0 Å². The number of hydrogen-bond acceptors (Lipinski definition) is 4. The maximum atomic E-state index is 13.1. The molecule has 4 atom stereocenters. The average Bonchev–Trinajstić information content (AvgIpc) is 3.25. The van der Waals surface area contributed by atoms with E-state index in [1.54, 1.807) is 0 Å². The molecule has 3 saturated carbocycles. The van der Waals surface area contributed by atoms with Gasteiger partial charge < -0.3 is 15.1 Å². The Labute approximate surface area is 202 Å². The summed E-state index contributed by atoms with van der Waals surface area (Å²) >= 11 is 0. The first-order chi connectivity index (χ1) is 16.2. The van der Waals surface area contributed by atoms with Gasteiger partial charge in [-0.1, -0.05) is 19.9 Å².